The summed E-state index contributed by atoms with van der Waals surface area (Å²) >= 11 is 1.53. The first-order chi connectivity index (χ1) is 6.02. The fourth-order valence-corrected chi connectivity index (χ4v) is 1.51. The number of aliphatic hydroxyl groups is 1. The van der Waals surface area contributed by atoms with E-state index in [0.717, 1.165) is 0 Å². The van der Waals surface area contributed by atoms with Crippen LogP contribution in [-0.2, 0) is 4.79 Å². The van der Waals surface area contributed by atoms with Gasteiger partial charge in [-0.3, -0.25) is 4.79 Å². The molecule has 0 heterocycles. The molecular formula is C8H18N2O2S. The molecule has 0 saturated heterocycles. The zero-order chi connectivity index (χ0) is 10.4. The number of aliphatic hydroxyl groups excluding tert-OH is 1. The predicted molar refractivity (Wildman–Crippen MR) is 55.6 cm³/mol. The number of amides is 1. The Bertz CT molecular complexity index is 160. The summed E-state index contributed by atoms with van der Waals surface area (Å²) in [6, 6.07) is -0.554. The molecule has 0 saturated carbocycles. The summed E-state index contributed by atoms with van der Waals surface area (Å²) in [6.45, 7) is 3.55. The van der Waals surface area contributed by atoms with Gasteiger partial charge in [-0.15, -0.1) is 0 Å². The van der Waals surface area contributed by atoms with Crippen LogP contribution in [0.25, 0.3) is 0 Å². The maximum absolute atomic E-state index is 11.2. The first-order valence-electron chi connectivity index (χ1n) is 4.22. The molecule has 0 aliphatic carbocycles. The number of carbonyl (C=O) groups is 1. The molecule has 0 aliphatic rings. The van der Waals surface area contributed by atoms with Gasteiger partial charge < -0.3 is 16.2 Å². The quantitative estimate of drug-likeness (QED) is 0.570. The molecule has 5 heteroatoms. The SMILES string of the molecule is CSC(CO)C(C)NC(=O)[C@H](C)N. The van der Waals surface area contributed by atoms with Gasteiger partial charge in [-0.25, -0.2) is 0 Å². The summed E-state index contributed by atoms with van der Waals surface area (Å²) in [5.41, 5.74) is 5.39. The van der Waals surface area contributed by atoms with E-state index in [1.54, 1.807) is 6.92 Å². The van der Waals surface area contributed by atoms with Gasteiger partial charge in [-0.2, -0.15) is 11.8 Å². The number of carbonyl (C=O) groups excluding carboxylic acids is 1. The summed E-state index contributed by atoms with van der Waals surface area (Å²) in [6.07, 6.45) is 1.90. The van der Waals surface area contributed by atoms with Crippen LogP contribution in [0.2, 0.25) is 0 Å². The number of thioether (sulfide) groups is 1. The van der Waals surface area contributed by atoms with E-state index in [1.165, 1.54) is 11.8 Å². The predicted octanol–water partition coefficient (Wildman–Crippen LogP) is -0.438. The van der Waals surface area contributed by atoms with Gasteiger partial charge in [0.2, 0.25) is 5.91 Å². The second-order valence-corrected chi connectivity index (χ2v) is 4.12. The first-order valence-corrected chi connectivity index (χ1v) is 5.51. The van der Waals surface area contributed by atoms with Crippen LogP contribution in [0.15, 0.2) is 0 Å². The third-order valence-corrected chi connectivity index (χ3v) is 2.99. The van der Waals surface area contributed by atoms with Crippen LogP contribution in [0.3, 0.4) is 0 Å². The molecule has 0 aromatic carbocycles. The van der Waals surface area contributed by atoms with Crippen molar-refractivity contribution in [2.45, 2.75) is 31.2 Å². The summed E-state index contributed by atoms with van der Waals surface area (Å²) in [7, 11) is 0. The molecule has 1 amide bonds. The number of hydrogen-bond donors (Lipinski definition) is 3. The topological polar surface area (TPSA) is 75.3 Å². The Kier molecular flexibility index (Phi) is 6.11. The lowest BCUT2D eigenvalue weighted by molar-refractivity contribution is -0.122. The molecule has 0 spiro atoms. The van der Waals surface area contributed by atoms with E-state index in [0.29, 0.717) is 0 Å². The van der Waals surface area contributed by atoms with Crippen molar-refractivity contribution in [2.75, 3.05) is 12.9 Å². The Hall–Kier alpha value is -0.260. The minimum Gasteiger partial charge on any atom is -0.395 e. The van der Waals surface area contributed by atoms with Crippen molar-refractivity contribution in [3.63, 3.8) is 0 Å². The zero-order valence-corrected chi connectivity index (χ0v) is 9.10. The van der Waals surface area contributed by atoms with Crippen molar-refractivity contribution in [2.24, 2.45) is 5.73 Å². The van der Waals surface area contributed by atoms with Crippen LogP contribution in [0, 0.1) is 0 Å². The van der Waals surface area contributed by atoms with Crippen LogP contribution in [0.1, 0.15) is 13.8 Å². The molecule has 4 nitrogen and oxygen atoms in total. The number of hydrogen-bond acceptors (Lipinski definition) is 4. The first kappa shape index (κ1) is 12.7. The molecule has 0 bridgehead atoms. The van der Waals surface area contributed by atoms with Gasteiger partial charge >= 0.3 is 0 Å². The minimum atomic E-state index is -0.497. The lowest BCUT2D eigenvalue weighted by atomic mass is 10.2. The van der Waals surface area contributed by atoms with E-state index in [-0.39, 0.29) is 23.8 Å². The highest BCUT2D eigenvalue weighted by atomic mass is 32.2. The van der Waals surface area contributed by atoms with Crippen molar-refractivity contribution in [1.82, 2.24) is 5.32 Å². The summed E-state index contributed by atoms with van der Waals surface area (Å²) in [5.74, 6) is -0.181. The largest absolute Gasteiger partial charge is 0.395 e. The van der Waals surface area contributed by atoms with E-state index < -0.39 is 6.04 Å². The molecule has 3 atom stereocenters. The maximum atomic E-state index is 11.2. The van der Waals surface area contributed by atoms with Crippen molar-refractivity contribution >= 4 is 17.7 Å². The molecule has 0 fully saturated rings. The van der Waals surface area contributed by atoms with Crippen molar-refractivity contribution < 1.29 is 9.90 Å². The van der Waals surface area contributed by atoms with Crippen molar-refractivity contribution in [1.29, 1.82) is 0 Å². The molecule has 0 radical (unpaired) electrons. The van der Waals surface area contributed by atoms with Gasteiger partial charge in [0, 0.05) is 11.3 Å². The Morgan fingerprint density at radius 3 is 2.46 bits per heavy atom. The van der Waals surface area contributed by atoms with Crippen molar-refractivity contribution in [3.8, 4) is 0 Å². The summed E-state index contributed by atoms with van der Waals surface area (Å²) in [4.78, 5) is 11.2. The molecule has 4 N–H and O–H groups in total. The number of nitrogens with two attached hydrogens (primary N) is 1. The highest BCUT2D eigenvalue weighted by Crippen LogP contribution is 2.09. The molecule has 0 aliphatic heterocycles. The fraction of sp³-hybridized carbons (Fsp3) is 0.875. The smallest absolute Gasteiger partial charge is 0.236 e. The Labute approximate surface area is 83.3 Å². The van der Waals surface area contributed by atoms with Gasteiger partial charge in [0.15, 0.2) is 0 Å². The molecule has 0 aromatic rings. The Balaban J connectivity index is 3.97. The van der Waals surface area contributed by atoms with Gasteiger partial charge in [0.05, 0.1) is 12.6 Å². The summed E-state index contributed by atoms with van der Waals surface area (Å²) < 4.78 is 0. The highest BCUT2D eigenvalue weighted by molar-refractivity contribution is 7.99. The number of rotatable bonds is 5. The van der Waals surface area contributed by atoms with E-state index >= 15 is 0 Å². The highest BCUT2D eigenvalue weighted by Gasteiger charge is 2.18. The third-order valence-electron chi connectivity index (χ3n) is 1.82. The molecule has 0 rings (SSSR count). The van der Waals surface area contributed by atoms with Gasteiger partial charge in [0.25, 0.3) is 0 Å². The van der Waals surface area contributed by atoms with E-state index in [9.17, 15) is 4.79 Å². The Morgan fingerprint density at radius 2 is 2.15 bits per heavy atom. The van der Waals surface area contributed by atoms with E-state index in [2.05, 4.69) is 5.32 Å². The molecular weight excluding hydrogens is 188 g/mol. The van der Waals surface area contributed by atoms with E-state index in [4.69, 9.17) is 10.8 Å². The van der Waals surface area contributed by atoms with Crippen LogP contribution >= 0.6 is 11.8 Å². The van der Waals surface area contributed by atoms with Crippen LogP contribution < -0.4 is 11.1 Å². The Morgan fingerprint density at radius 1 is 1.62 bits per heavy atom. The van der Waals surface area contributed by atoms with Crippen LogP contribution in [0.5, 0.6) is 0 Å². The maximum Gasteiger partial charge on any atom is 0.236 e. The van der Waals surface area contributed by atoms with Gasteiger partial charge in [-0.1, -0.05) is 0 Å². The standard InChI is InChI=1S/C8H18N2O2S/c1-5(9)8(12)10-6(2)7(4-11)13-3/h5-7,11H,4,9H2,1-3H3,(H,10,12)/t5-,6?,7?/m0/s1. The zero-order valence-electron chi connectivity index (χ0n) is 8.28. The third kappa shape index (κ3) is 4.50. The molecule has 2 unspecified atom stereocenters. The van der Waals surface area contributed by atoms with Crippen molar-refractivity contribution in [3.05, 3.63) is 0 Å². The average Bonchev–Trinajstić information content (AvgIpc) is 2.06. The summed E-state index contributed by atoms with van der Waals surface area (Å²) in [5, 5.41) is 11.7. The molecule has 78 valence electrons. The van der Waals surface area contributed by atoms with Gasteiger partial charge in [0.1, 0.15) is 0 Å². The fourth-order valence-electron chi connectivity index (χ4n) is 0.886. The van der Waals surface area contributed by atoms with E-state index in [1.807, 2.05) is 13.2 Å². The van der Waals surface area contributed by atoms with Gasteiger partial charge in [-0.05, 0) is 20.1 Å². The lowest BCUT2D eigenvalue weighted by Crippen LogP contribution is -2.47. The lowest BCUT2D eigenvalue weighted by Gasteiger charge is -2.22. The normalized spacial score (nSPS) is 17.6. The average molecular weight is 206 g/mol. The van der Waals surface area contributed by atoms with Crippen LogP contribution in [-0.4, -0.2) is 41.2 Å². The second kappa shape index (κ2) is 6.23. The second-order valence-electron chi connectivity index (χ2n) is 3.04. The molecule has 0 aromatic heterocycles. The number of nitrogens with one attached hydrogen (secondary N) is 1. The minimum absolute atomic E-state index is 0.0303. The monoisotopic (exact) mass is 206 g/mol. The van der Waals surface area contributed by atoms with Crippen LogP contribution in [0.4, 0.5) is 0 Å². The molecule has 13 heavy (non-hydrogen) atoms.